The maximum absolute atomic E-state index is 11.1. The monoisotopic (exact) mass is 325 g/mol. The molecule has 0 fully saturated rings. The summed E-state index contributed by atoms with van der Waals surface area (Å²) in [7, 11) is 1.25. The average molecular weight is 327 g/mol. The zero-order valence-corrected chi connectivity index (χ0v) is 12.1. The Morgan fingerprint density at radius 2 is 2.00 bits per heavy atom. The van der Waals surface area contributed by atoms with Crippen LogP contribution in [0.4, 0.5) is 0 Å². The van der Waals surface area contributed by atoms with Crippen molar-refractivity contribution >= 4 is 47.3 Å². The van der Waals surface area contributed by atoms with E-state index in [1.165, 1.54) is 7.11 Å². The van der Waals surface area contributed by atoms with E-state index in [2.05, 4.69) is 5.16 Å². The summed E-state index contributed by atoms with van der Waals surface area (Å²) in [4.78, 5) is 16.0. The van der Waals surface area contributed by atoms with Gasteiger partial charge in [0.2, 0.25) is 0 Å². The second-order valence-electron chi connectivity index (χ2n) is 3.73. The molecular weight excluding hydrogens is 316 g/mol. The van der Waals surface area contributed by atoms with Crippen molar-refractivity contribution in [2.45, 2.75) is 12.2 Å². The molecule has 5 nitrogen and oxygen atoms in total. The molecule has 1 unspecified atom stereocenters. The van der Waals surface area contributed by atoms with Crippen molar-refractivity contribution in [1.29, 1.82) is 0 Å². The summed E-state index contributed by atoms with van der Waals surface area (Å²) >= 11 is 11.7. The molecule has 104 valence electrons. The quantitative estimate of drug-likeness (QED) is 0.927. The highest BCUT2D eigenvalue weighted by Gasteiger charge is 2.47. The summed E-state index contributed by atoms with van der Waals surface area (Å²) in [5, 5.41) is 13.7. The third-order valence-electron chi connectivity index (χ3n) is 2.55. The Labute approximate surface area is 125 Å². The van der Waals surface area contributed by atoms with Crippen molar-refractivity contribution in [1.82, 2.24) is 0 Å². The Morgan fingerprint density at radius 1 is 1.42 bits per heavy atom. The van der Waals surface area contributed by atoms with E-state index in [-0.39, 0.29) is 18.8 Å². The average Bonchev–Trinajstić information content (AvgIpc) is 2.73. The van der Waals surface area contributed by atoms with E-state index in [0.717, 1.165) is 0 Å². The van der Waals surface area contributed by atoms with Gasteiger partial charge < -0.3 is 14.7 Å². The lowest BCUT2D eigenvalue weighted by molar-refractivity contribution is -0.224. The van der Waals surface area contributed by atoms with Crippen LogP contribution in [0.2, 0.25) is 10.0 Å². The number of carbonyl (C=O) groups is 1. The van der Waals surface area contributed by atoms with Crippen LogP contribution in [0.5, 0.6) is 0 Å². The first-order valence-corrected chi connectivity index (χ1v) is 5.72. The second-order valence-corrected chi connectivity index (χ2v) is 4.60. The van der Waals surface area contributed by atoms with Gasteiger partial charge >= 0.3 is 11.8 Å². The molecular formula is C11H10Cl3NO4. The molecule has 0 saturated heterocycles. The maximum Gasteiger partial charge on any atom is 0.380 e. The molecule has 1 aromatic carbocycles. The van der Waals surface area contributed by atoms with Crippen LogP contribution in [-0.4, -0.2) is 29.7 Å². The number of halogens is 3. The van der Waals surface area contributed by atoms with Gasteiger partial charge in [-0.05, 0) is 18.2 Å². The van der Waals surface area contributed by atoms with Crippen molar-refractivity contribution in [2.24, 2.45) is 5.16 Å². The topological polar surface area (TPSA) is 68.1 Å². The van der Waals surface area contributed by atoms with E-state index in [9.17, 15) is 4.79 Å². The van der Waals surface area contributed by atoms with Crippen LogP contribution in [0.25, 0.3) is 0 Å². The number of hydrogen-bond acceptors (Lipinski definition) is 4. The highest BCUT2D eigenvalue weighted by Crippen LogP contribution is 2.30. The van der Waals surface area contributed by atoms with E-state index in [0.29, 0.717) is 21.3 Å². The molecule has 2 rings (SSSR count). The molecule has 1 aromatic rings. The standard InChI is InChI=1S/C11H9Cl2NO4.ClH/c1-17-11(10(15)16)5-9(14-18-11)6-2-7(12)4-8(13)3-6;/h2-4H,5H2,1H3,(H,15,16);1H. The molecule has 8 heteroatoms. The summed E-state index contributed by atoms with van der Waals surface area (Å²) < 4.78 is 4.87. The molecule has 0 saturated carbocycles. The van der Waals surface area contributed by atoms with Crippen LogP contribution < -0.4 is 0 Å². The number of aliphatic carboxylic acids is 1. The van der Waals surface area contributed by atoms with Crippen LogP contribution >= 0.6 is 35.6 Å². The SMILES string of the molecule is COC1(C(=O)O)CC(c2cc(Cl)cc(Cl)c2)=NO1.Cl. The van der Waals surface area contributed by atoms with Gasteiger partial charge in [0.1, 0.15) is 0 Å². The number of benzene rings is 1. The second kappa shape index (κ2) is 5.96. The number of nitrogens with zero attached hydrogens (tertiary/aromatic N) is 1. The van der Waals surface area contributed by atoms with E-state index in [1.807, 2.05) is 0 Å². The van der Waals surface area contributed by atoms with E-state index in [4.69, 9.17) is 37.9 Å². The zero-order valence-electron chi connectivity index (χ0n) is 9.72. The Balaban J connectivity index is 0.00000180. The van der Waals surface area contributed by atoms with Crippen LogP contribution in [0, 0.1) is 0 Å². The molecule has 0 radical (unpaired) electrons. The first-order valence-electron chi connectivity index (χ1n) is 4.97. The lowest BCUT2D eigenvalue weighted by atomic mass is 10.0. The van der Waals surface area contributed by atoms with Gasteiger partial charge in [-0.15, -0.1) is 12.4 Å². The molecule has 1 heterocycles. The number of rotatable bonds is 3. The summed E-state index contributed by atoms with van der Waals surface area (Å²) in [6.07, 6.45) is -0.0183. The first-order chi connectivity index (χ1) is 8.47. The fourth-order valence-corrected chi connectivity index (χ4v) is 2.13. The normalized spacial score (nSPS) is 21.3. The number of hydrogen-bond donors (Lipinski definition) is 1. The van der Waals surface area contributed by atoms with Gasteiger partial charge in [-0.25, -0.2) is 4.79 Å². The van der Waals surface area contributed by atoms with Gasteiger partial charge in [0.25, 0.3) is 0 Å². The summed E-state index contributed by atoms with van der Waals surface area (Å²) in [5.74, 6) is -3.01. The van der Waals surface area contributed by atoms with E-state index in [1.54, 1.807) is 18.2 Å². The minimum atomic E-state index is -1.77. The lowest BCUT2D eigenvalue weighted by Crippen LogP contribution is -2.40. The van der Waals surface area contributed by atoms with E-state index < -0.39 is 11.8 Å². The largest absolute Gasteiger partial charge is 0.476 e. The predicted molar refractivity (Wildman–Crippen MR) is 73.3 cm³/mol. The molecule has 1 aliphatic rings. The van der Waals surface area contributed by atoms with Crippen molar-refractivity contribution in [3.63, 3.8) is 0 Å². The molecule has 1 aliphatic heterocycles. The smallest absolute Gasteiger partial charge is 0.380 e. The lowest BCUT2D eigenvalue weighted by Gasteiger charge is -2.18. The number of methoxy groups -OCH3 is 1. The highest BCUT2D eigenvalue weighted by atomic mass is 35.5. The molecule has 19 heavy (non-hydrogen) atoms. The molecule has 1 N–H and O–H groups in total. The zero-order chi connectivity index (χ0) is 13.3. The maximum atomic E-state index is 11.1. The molecule has 0 spiro atoms. The van der Waals surface area contributed by atoms with Gasteiger partial charge in [-0.2, -0.15) is 0 Å². The van der Waals surface area contributed by atoms with Gasteiger partial charge in [0.15, 0.2) is 0 Å². The van der Waals surface area contributed by atoms with E-state index >= 15 is 0 Å². The van der Waals surface area contributed by atoms with Crippen molar-refractivity contribution < 1.29 is 19.5 Å². The first kappa shape index (κ1) is 16.0. The summed E-state index contributed by atoms with van der Waals surface area (Å²) in [6.45, 7) is 0. The van der Waals surface area contributed by atoms with Crippen LogP contribution in [0.3, 0.4) is 0 Å². The van der Waals surface area contributed by atoms with Crippen LogP contribution in [0.1, 0.15) is 12.0 Å². The third kappa shape index (κ3) is 3.12. The Kier molecular flexibility index (Phi) is 5.04. The highest BCUT2D eigenvalue weighted by molar-refractivity contribution is 6.35. The molecule has 1 atom stereocenters. The Morgan fingerprint density at radius 3 is 2.42 bits per heavy atom. The van der Waals surface area contributed by atoms with Crippen LogP contribution in [-0.2, 0) is 14.4 Å². The molecule has 0 aromatic heterocycles. The van der Waals surface area contributed by atoms with Crippen molar-refractivity contribution in [3.05, 3.63) is 33.8 Å². The molecule has 0 aliphatic carbocycles. The fourth-order valence-electron chi connectivity index (χ4n) is 1.60. The summed E-state index contributed by atoms with van der Waals surface area (Å²) in [5.41, 5.74) is 1.02. The van der Waals surface area contributed by atoms with Crippen molar-refractivity contribution in [3.8, 4) is 0 Å². The Hall–Kier alpha value is -1.01. The van der Waals surface area contributed by atoms with Gasteiger partial charge in [-0.1, -0.05) is 28.4 Å². The summed E-state index contributed by atoms with van der Waals surface area (Å²) in [6, 6.07) is 4.83. The number of carboxylic acids is 1. The number of carboxylic acid groups (broad SMARTS) is 1. The number of oxime groups is 1. The Bertz CT molecular complexity index is 514. The number of ether oxygens (including phenoxy) is 1. The minimum Gasteiger partial charge on any atom is -0.476 e. The van der Waals surface area contributed by atoms with Gasteiger partial charge in [-0.3, -0.25) is 0 Å². The van der Waals surface area contributed by atoms with Gasteiger partial charge in [0.05, 0.1) is 12.1 Å². The van der Waals surface area contributed by atoms with Crippen LogP contribution in [0.15, 0.2) is 23.4 Å². The molecule has 0 bridgehead atoms. The van der Waals surface area contributed by atoms with Crippen molar-refractivity contribution in [2.75, 3.05) is 7.11 Å². The third-order valence-corrected chi connectivity index (χ3v) is 2.99. The van der Waals surface area contributed by atoms with Gasteiger partial charge in [0, 0.05) is 22.7 Å². The molecule has 0 amide bonds. The predicted octanol–water partition coefficient (Wildman–Crippen LogP) is 2.97. The minimum absolute atomic E-state index is 0. The fraction of sp³-hybridized carbons (Fsp3) is 0.273.